The molecule has 0 bridgehead atoms. The van der Waals surface area contributed by atoms with Crippen LogP contribution in [0.1, 0.15) is 5.56 Å². The lowest BCUT2D eigenvalue weighted by Crippen LogP contribution is -2.26. The van der Waals surface area contributed by atoms with Crippen molar-refractivity contribution in [1.29, 1.82) is 0 Å². The number of rotatable bonds is 5. The summed E-state index contributed by atoms with van der Waals surface area (Å²) in [6.45, 7) is -0.546. The molecule has 3 aromatic rings. The lowest BCUT2D eigenvalue weighted by atomic mass is 10.3. The van der Waals surface area contributed by atoms with E-state index < -0.39 is 24.3 Å². The standard InChI is InChI=1S/C16H12F3N3O4/c1-22(11-5-3-2-4-6-11)26-13(23)9-24-15-21-12-7-10(16(17,18)19)8-20-14(12)25-15/h2-8H,9H2,1H3. The zero-order valence-corrected chi connectivity index (χ0v) is 13.4. The molecule has 2 aromatic heterocycles. The Morgan fingerprint density at radius 1 is 1.27 bits per heavy atom. The Hall–Kier alpha value is -3.30. The molecule has 0 saturated heterocycles. The van der Waals surface area contributed by atoms with E-state index in [4.69, 9.17) is 14.0 Å². The number of hydroxylamine groups is 1. The molecular formula is C16H12F3N3O4. The third kappa shape index (κ3) is 4.02. The number of aromatic nitrogens is 2. The highest BCUT2D eigenvalue weighted by Crippen LogP contribution is 2.31. The van der Waals surface area contributed by atoms with E-state index in [-0.39, 0.29) is 17.3 Å². The van der Waals surface area contributed by atoms with Crippen LogP contribution >= 0.6 is 0 Å². The molecule has 0 saturated carbocycles. The number of hydrogen-bond acceptors (Lipinski definition) is 7. The Morgan fingerprint density at radius 2 is 2.00 bits per heavy atom. The second-order valence-corrected chi connectivity index (χ2v) is 5.11. The smallest absolute Gasteiger partial charge is 0.417 e. The number of hydrogen-bond donors (Lipinski definition) is 0. The van der Waals surface area contributed by atoms with Crippen molar-refractivity contribution in [1.82, 2.24) is 9.97 Å². The van der Waals surface area contributed by atoms with Gasteiger partial charge < -0.3 is 14.0 Å². The summed E-state index contributed by atoms with van der Waals surface area (Å²) in [4.78, 5) is 24.1. The van der Waals surface area contributed by atoms with Gasteiger partial charge in [0.25, 0.3) is 5.71 Å². The Bertz CT molecular complexity index is 912. The van der Waals surface area contributed by atoms with Gasteiger partial charge in [-0.2, -0.15) is 18.2 Å². The molecule has 3 rings (SSSR count). The minimum absolute atomic E-state index is 0.135. The predicted molar refractivity (Wildman–Crippen MR) is 83.2 cm³/mol. The Morgan fingerprint density at radius 3 is 2.69 bits per heavy atom. The summed E-state index contributed by atoms with van der Waals surface area (Å²) in [7, 11) is 1.54. The van der Waals surface area contributed by atoms with Crippen LogP contribution in [0, 0.1) is 0 Å². The monoisotopic (exact) mass is 367 g/mol. The summed E-state index contributed by atoms with van der Waals surface area (Å²) >= 11 is 0. The number of pyridine rings is 1. The van der Waals surface area contributed by atoms with Crippen LogP contribution in [-0.2, 0) is 15.8 Å². The van der Waals surface area contributed by atoms with Crippen molar-refractivity contribution in [2.75, 3.05) is 18.7 Å². The summed E-state index contributed by atoms with van der Waals surface area (Å²) in [6.07, 6.45) is -4.31. The number of alkyl halides is 3. The molecule has 2 heterocycles. The summed E-state index contributed by atoms with van der Waals surface area (Å²) in [6, 6.07) is 9.61. The van der Waals surface area contributed by atoms with Gasteiger partial charge in [0.2, 0.25) is 0 Å². The number of carbonyl (C=O) groups is 1. The molecule has 0 spiro atoms. The molecule has 0 aliphatic heterocycles. The number of oxazole rings is 1. The first kappa shape index (κ1) is 17.5. The number of ether oxygens (including phenoxy) is 1. The van der Waals surface area contributed by atoms with E-state index in [0.29, 0.717) is 11.9 Å². The van der Waals surface area contributed by atoms with Crippen molar-refractivity contribution in [3.05, 3.63) is 48.2 Å². The van der Waals surface area contributed by atoms with Crippen molar-refractivity contribution in [3.63, 3.8) is 0 Å². The van der Waals surface area contributed by atoms with E-state index >= 15 is 0 Å². The van der Waals surface area contributed by atoms with Gasteiger partial charge >= 0.3 is 18.2 Å². The van der Waals surface area contributed by atoms with Gasteiger partial charge in [0.15, 0.2) is 6.61 Å². The molecule has 0 unspecified atom stereocenters. The molecule has 0 aliphatic carbocycles. The third-order valence-corrected chi connectivity index (χ3v) is 3.23. The van der Waals surface area contributed by atoms with Crippen LogP contribution < -0.4 is 9.80 Å². The minimum atomic E-state index is -4.55. The van der Waals surface area contributed by atoms with Crippen LogP contribution in [0.15, 0.2) is 47.0 Å². The normalized spacial score (nSPS) is 11.4. The molecule has 0 aliphatic rings. The zero-order valence-electron chi connectivity index (χ0n) is 13.4. The first-order valence-electron chi connectivity index (χ1n) is 7.29. The lowest BCUT2D eigenvalue weighted by molar-refractivity contribution is -0.147. The van der Waals surface area contributed by atoms with Crippen LogP contribution in [0.5, 0.6) is 6.08 Å². The van der Waals surface area contributed by atoms with Crippen LogP contribution in [0.3, 0.4) is 0 Å². The molecule has 26 heavy (non-hydrogen) atoms. The van der Waals surface area contributed by atoms with E-state index in [1.54, 1.807) is 24.3 Å². The SMILES string of the molecule is CN(OC(=O)COc1nc2cc(C(F)(F)F)cnc2o1)c1ccccc1. The zero-order chi connectivity index (χ0) is 18.7. The molecule has 0 N–H and O–H groups in total. The lowest BCUT2D eigenvalue weighted by Gasteiger charge is -2.17. The van der Waals surface area contributed by atoms with Gasteiger partial charge in [-0.25, -0.2) is 14.8 Å². The van der Waals surface area contributed by atoms with Crippen molar-refractivity contribution in [2.45, 2.75) is 6.18 Å². The van der Waals surface area contributed by atoms with Gasteiger partial charge in [-0.05, 0) is 18.2 Å². The molecule has 0 amide bonds. The topological polar surface area (TPSA) is 77.7 Å². The summed E-state index contributed by atoms with van der Waals surface area (Å²) < 4.78 is 48.0. The predicted octanol–water partition coefficient (Wildman–Crippen LogP) is 3.22. The maximum atomic E-state index is 12.6. The number of carbonyl (C=O) groups excluding carboxylic acids is 1. The highest BCUT2D eigenvalue weighted by Gasteiger charge is 2.31. The summed E-state index contributed by atoms with van der Waals surface area (Å²) in [5.41, 5.74) is -0.590. The number of nitrogens with zero attached hydrogens (tertiary/aromatic N) is 3. The Balaban J connectivity index is 1.61. The van der Waals surface area contributed by atoms with Crippen molar-refractivity contribution < 1.29 is 32.0 Å². The molecule has 7 nitrogen and oxygen atoms in total. The largest absolute Gasteiger partial charge is 0.438 e. The fourth-order valence-electron chi connectivity index (χ4n) is 2.01. The van der Waals surface area contributed by atoms with E-state index in [1.807, 2.05) is 6.07 Å². The number of para-hydroxylation sites is 1. The number of anilines is 1. The number of benzene rings is 1. The van der Waals surface area contributed by atoms with E-state index in [9.17, 15) is 18.0 Å². The fraction of sp³-hybridized carbons (Fsp3) is 0.188. The second-order valence-electron chi connectivity index (χ2n) is 5.11. The van der Waals surface area contributed by atoms with Crippen molar-refractivity contribution in [3.8, 4) is 6.08 Å². The van der Waals surface area contributed by atoms with Crippen LogP contribution in [0.2, 0.25) is 0 Å². The van der Waals surface area contributed by atoms with Crippen molar-refractivity contribution >= 4 is 22.9 Å². The summed E-state index contributed by atoms with van der Waals surface area (Å²) in [5.74, 6) is -0.748. The third-order valence-electron chi connectivity index (χ3n) is 3.23. The van der Waals surface area contributed by atoms with E-state index in [2.05, 4.69) is 9.97 Å². The first-order valence-corrected chi connectivity index (χ1v) is 7.29. The number of fused-ring (bicyclic) bond motifs is 1. The quantitative estimate of drug-likeness (QED) is 0.641. The average Bonchev–Trinajstić information content (AvgIpc) is 3.02. The Labute approximate surface area is 144 Å². The maximum absolute atomic E-state index is 12.6. The molecule has 1 aromatic carbocycles. The Kier molecular flexibility index (Phi) is 4.65. The van der Waals surface area contributed by atoms with E-state index in [1.165, 1.54) is 12.1 Å². The van der Waals surface area contributed by atoms with E-state index in [0.717, 1.165) is 6.07 Å². The highest BCUT2D eigenvalue weighted by molar-refractivity contribution is 5.73. The van der Waals surface area contributed by atoms with Crippen molar-refractivity contribution in [2.24, 2.45) is 0 Å². The van der Waals surface area contributed by atoms with Gasteiger partial charge in [0.05, 0.1) is 11.3 Å². The first-order chi connectivity index (χ1) is 12.3. The second kappa shape index (κ2) is 6.90. The molecule has 0 fully saturated rings. The van der Waals surface area contributed by atoms with Gasteiger partial charge in [-0.1, -0.05) is 18.2 Å². The van der Waals surface area contributed by atoms with Gasteiger partial charge in [0, 0.05) is 13.2 Å². The van der Waals surface area contributed by atoms with Crippen LogP contribution in [-0.4, -0.2) is 29.6 Å². The highest BCUT2D eigenvalue weighted by atomic mass is 19.4. The minimum Gasteiger partial charge on any atom is -0.438 e. The van der Waals surface area contributed by atoms with Gasteiger partial charge in [-0.15, -0.1) is 0 Å². The fourth-order valence-corrected chi connectivity index (χ4v) is 2.01. The average molecular weight is 367 g/mol. The molecule has 0 atom stereocenters. The molecule has 0 radical (unpaired) electrons. The molecular weight excluding hydrogens is 355 g/mol. The van der Waals surface area contributed by atoms with Crippen LogP contribution in [0.4, 0.5) is 18.9 Å². The number of halogens is 3. The van der Waals surface area contributed by atoms with Crippen LogP contribution in [0.25, 0.3) is 11.2 Å². The molecule has 136 valence electrons. The summed E-state index contributed by atoms with van der Waals surface area (Å²) in [5, 5.41) is 1.24. The van der Waals surface area contributed by atoms with Gasteiger partial charge in [-0.3, -0.25) is 0 Å². The molecule has 10 heteroatoms. The van der Waals surface area contributed by atoms with Gasteiger partial charge in [0.1, 0.15) is 5.52 Å². The maximum Gasteiger partial charge on any atom is 0.417 e.